The van der Waals surface area contributed by atoms with Crippen LogP contribution in [0.1, 0.15) is 30.1 Å². The summed E-state index contributed by atoms with van der Waals surface area (Å²) in [6.07, 6.45) is 3.33. The molecule has 2 N–H and O–H groups in total. The minimum Gasteiger partial charge on any atom is -0.497 e. The second-order valence-corrected chi connectivity index (χ2v) is 10.1. The van der Waals surface area contributed by atoms with E-state index in [0.29, 0.717) is 22.9 Å². The van der Waals surface area contributed by atoms with Gasteiger partial charge < -0.3 is 20.1 Å². The number of amides is 2. The Balaban J connectivity index is 1.10. The monoisotopic (exact) mass is 507 g/mol. The van der Waals surface area contributed by atoms with E-state index in [1.54, 1.807) is 19.4 Å². The highest BCUT2D eigenvalue weighted by atomic mass is 32.2. The number of rotatable bonds is 7. The van der Waals surface area contributed by atoms with Crippen LogP contribution in [0.3, 0.4) is 0 Å². The van der Waals surface area contributed by atoms with E-state index in [4.69, 9.17) is 9.47 Å². The number of hydrogen-bond acceptors (Lipinski definition) is 8. The van der Waals surface area contributed by atoms with Crippen LogP contribution in [0.5, 0.6) is 11.6 Å². The fourth-order valence-electron chi connectivity index (χ4n) is 4.52. The van der Waals surface area contributed by atoms with Gasteiger partial charge in [-0.15, -0.1) is 11.8 Å². The summed E-state index contributed by atoms with van der Waals surface area (Å²) in [7, 11) is 1.62. The first-order valence-corrected chi connectivity index (χ1v) is 13.0. The van der Waals surface area contributed by atoms with Gasteiger partial charge in [-0.1, -0.05) is 0 Å². The number of aromatic nitrogens is 2. The Morgan fingerprint density at radius 3 is 2.86 bits per heavy atom. The Labute approximate surface area is 214 Å². The summed E-state index contributed by atoms with van der Waals surface area (Å²) >= 11 is 1.49. The lowest BCUT2D eigenvalue weighted by atomic mass is 10.0. The number of ether oxygens (including phenoxy) is 2. The Bertz CT molecular complexity index is 1280. The quantitative estimate of drug-likeness (QED) is 0.502. The fourth-order valence-corrected chi connectivity index (χ4v) is 5.31. The molecule has 9 nitrogen and oxygen atoms in total. The molecule has 3 heterocycles. The summed E-state index contributed by atoms with van der Waals surface area (Å²) < 4.78 is 11.3. The van der Waals surface area contributed by atoms with Crippen LogP contribution in [0.25, 0.3) is 11.0 Å². The average Bonchev–Trinajstić information content (AvgIpc) is 2.88. The van der Waals surface area contributed by atoms with Crippen molar-refractivity contribution in [3.63, 3.8) is 0 Å². The third-order valence-corrected chi connectivity index (χ3v) is 7.44. The number of nitrogens with one attached hydrogen (secondary N) is 2. The van der Waals surface area contributed by atoms with E-state index in [9.17, 15) is 9.59 Å². The molecular formula is C26H29N5O4S. The van der Waals surface area contributed by atoms with Crippen LogP contribution in [0.2, 0.25) is 0 Å². The maximum absolute atomic E-state index is 12.8. The smallest absolute Gasteiger partial charge is 0.251 e. The molecule has 36 heavy (non-hydrogen) atoms. The molecule has 0 spiro atoms. The van der Waals surface area contributed by atoms with Crippen molar-refractivity contribution in [2.24, 2.45) is 0 Å². The molecule has 1 aromatic heterocycles. The van der Waals surface area contributed by atoms with Crippen LogP contribution < -0.4 is 20.1 Å². The van der Waals surface area contributed by atoms with E-state index < -0.39 is 0 Å². The van der Waals surface area contributed by atoms with Gasteiger partial charge in [-0.05, 0) is 50.1 Å². The Morgan fingerprint density at radius 2 is 2.06 bits per heavy atom. The van der Waals surface area contributed by atoms with Gasteiger partial charge in [0.1, 0.15) is 11.9 Å². The highest BCUT2D eigenvalue weighted by Crippen LogP contribution is 2.32. The zero-order chi connectivity index (χ0) is 25.1. The molecule has 2 aliphatic heterocycles. The molecule has 188 valence electrons. The van der Waals surface area contributed by atoms with Crippen molar-refractivity contribution in [2.45, 2.75) is 36.8 Å². The van der Waals surface area contributed by atoms with E-state index in [-0.39, 0.29) is 24.0 Å². The first-order chi connectivity index (χ1) is 17.5. The van der Waals surface area contributed by atoms with Crippen molar-refractivity contribution >= 4 is 40.3 Å². The molecule has 0 bridgehead atoms. The Hall–Kier alpha value is -3.37. The Kier molecular flexibility index (Phi) is 7.24. The highest BCUT2D eigenvalue weighted by molar-refractivity contribution is 8.00. The van der Waals surface area contributed by atoms with E-state index in [1.165, 1.54) is 11.8 Å². The maximum atomic E-state index is 12.8. The molecule has 1 atom stereocenters. The van der Waals surface area contributed by atoms with Crippen molar-refractivity contribution < 1.29 is 19.1 Å². The van der Waals surface area contributed by atoms with Gasteiger partial charge in [-0.2, -0.15) is 0 Å². The normalized spacial score (nSPS) is 17.2. The van der Waals surface area contributed by atoms with Gasteiger partial charge >= 0.3 is 0 Å². The number of methoxy groups -OCH3 is 1. The number of nitrogens with zero attached hydrogens (tertiary/aromatic N) is 3. The molecule has 2 amide bonds. The third-order valence-electron chi connectivity index (χ3n) is 6.36. The minimum atomic E-state index is -0.107. The van der Waals surface area contributed by atoms with Gasteiger partial charge in [-0.3, -0.25) is 14.5 Å². The van der Waals surface area contributed by atoms with Crippen molar-refractivity contribution in [3.8, 4) is 11.6 Å². The first-order valence-electron chi connectivity index (χ1n) is 12.0. The average molecular weight is 508 g/mol. The number of hydrogen-bond donors (Lipinski definition) is 2. The van der Waals surface area contributed by atoms with Gasteiger partial charge in [0.15, 0.2) is 0 Å². The molecule has 2 aromatic carbocycles. The molecule has 1 saturated heterocycles. The van der Waals surface area contributed by atoms with Gasteiger partial charge in [-0.25, -0.2) is 9.97 Å². The summed E-state index contributed by atoms with van der Waals surface area (Å²) in [5.41, 5.74) is 2.80. The number of likely N-dealkylation sites (tertiary alicyclic amines) is 1. The standard InChI is InChI=1S/C26H29N5O4S/c1-16(35-25-13-27-20-5-4-19(34-2)12-21(20)30-25)14-31-9-7-18(8-10-31)28-26(33)17-3-6-23-22(11-17)29-24(32)15-36-23/h3-6,11-13,16,18H,7-10,14-15H2,1-2H3,(H,28,33)(H,29,32). The lowest BCUT2D eigenvalue weighted by Crippen LogP contribution is -2.46. The highest BCUT2D eigenvalue weighted by Gasteiger charge is 2.24. The summed E-state index contributed by atoms with van der Waals surface area (Å²) in [6, 6.07) is 11.2. The molecular weight excluding hydrogens is 478 g/mol. The van der Waals surface area contributed by atoms with Gasteiger partial charge in [0.2, 0.25) is 11.8 Å². The van der Waals surface area contributed by atoms with E-state index in [2.05, 4.69) is 25.5 Å². The van der Waals surface area contributed by atoms with Gasteiger partial charge in [0.05, 0.1) is 35.8 Å². The molecule has 0 aliphatic carbocycles. The number of carbonyl (C=O) groups excluding carboxylic acids is 2. The molecule has 2 aliphatic rings. The number of thioether (sulfide) groups is 1. The lowest BCUT2D eigenvalue weighted by molar-refractivity contribution is -0.113. The molecule has 1 unspecified atom stereocenters. The zero-order valence-electron chi connectivity index (χ0n) is 20.3. The summed E-state index contributed by atoms with van der Waals surface area (Å²) in [6.45, 7) is 4.53. The predicted molar refractivity (Wildman–Crippen MR) is 139 cm³/mol. The van der Waals surface area contributed by atoms with E-state index >= 15 is 0 Å². The molecule has 0 radical (unpaired) electrons. The largest absolute Gasteiger partial charge is 0.497 e. The fraction of sp³-hybridized carbons (Fsp3) is 0.385. The Morgan fingerprint density at radius 1 is 1.22 bits per heavy atom. The molecule has 0 saturated carbocycles. The van der Waals surface area contributed by atoms with E-state index in [0.717, 1.165) is 54.2 Å². The lowest BCUT2D eigenvalue weighted by Gasteiger charge is -2.33. The maximum Gasteiger partial charge on any atom is 0.251 e. The predicted octanol–water partition coefficient (Wildman–Crippen LogP) is 3.34. The van der Waals surface area contributed by atoms with Crippen LogP contribution in [-0.2, 0) is 4.79 Å². The summed E-state index contributed by atoms with van der Waals surface area (Å²) in [4.78, 5) is 36.8. The first kappa shape index (κ1) is 24.3. The SMILES string of the molecule is COc1ccc2ncc(OC(C)CN3CCC(NC(=O)c4ccc5c(c4)NC(=O)CS5)CC3)nc2c1. The second-order valence-electron chi connectivity index (χ2n) is 9.09. The minimum absolute atomic E-state index is 0.0384. The van der Waals surface area contributed by atoms with Crippen LogP contribution >= 0.6 is 11.8 Å². The molecule has 5 rings (SSSR count). The molecule has 3 aromatic rings. The summed E-state index contributed by atoms with van der Waals surface area (Å²) in [5, 5.41) is 5.99. The second kappa shape index (κ2) is 10.7. The zero-order valence-corrected chi connectivity index (χ0v) is 21.1. The van der Waals surface area contributed by atoms with Crippen molar-refractivity contribution in [1.82, 2.24) is 20.2 Å². The van der Waals surface area contributed by atoms with Crippen molar-refractivity contribution in [2.75, 3.05) is 37.8 Å². The number of fused-ring (bicyclic) bond motifs is 2. The summed E-state index contributed by atoms with van der Waals surface area (Å²) in [5.74, 6) is 1.48. The number of piperidine rings is 1. The van der Waals surface area contributed by atoms with Crippen LogP contribution in [-0.4, -0.2) is 71.3 Å². The van der Waals surface area contributed by atoms with Crippen LogP contribution in [0.15, 0.2) is 47.5 Å². The van der Waals surface area contributed by atoms with Gasteiger partial charge in [0.25, 0.3) is 5.91 Å². The van der Waals surface area contributed by atoms with Crippen molar-refractivity contribution in [3.05, 3.63) is 48.2 Å². The number of benzene rings is 2. The van der Waals surface area contributed by atoms with Gasteiger partial charge in [0, 0.05) is 42.2 Å². The molecule has 1 fully saturated rings. The topological polar surface area (TPSA) is 106 Å². The number of anilines is 1. The van der Waals surface area contributed by atoms with E-state index in [1.807, 2.05) is 37.3 Å². The van der Waals surface area contributed by atoms with Crippen LogP contribution in [0.4, 0.5) is 5.69 Å². The number of carbonyl (C=O) groups is 2. The molecule has 10 heteroatoms. The third kappa shape index (κ3) is 5.71. The van der Waals surface area contributed by atoms with Crippen LogP contribution in [0, 0.1) is 0 Å². The van der Waals surface area contributed by atoms with Crippen molar-refractivity contribution in [1.29, 1.82) is 0 Å².